The minimum Gasteiger partial charge on any atom is -0.467 e. The molecule has 0 unspecified atom stereocenters. The summed E-state index contributed by atoms with van der Waals surface area (Å²) in [6, 6.07) is 15.7. The molecule has 4 rings (SSSR count). The molecule has 1 fully saturated rings. The zero-order valence-corrected chi connectivity index (χ0v) is 20.1. The van der Waals surface area contributed by atoms with Gasteiger partial charge in [-0.2, -0.15) is 0 Å². The zero-order chi connectivity index (χ0) is 23.8. The first-order valence-corrected chi connectivity index (χ1v) is 12.3. The van der Waals surface area contributed by atoms with Crippen LogP contribution in [0.2, 0.25) is 0 Å². The molecule has 9 heteroatoms. The standard InChI is InChI=1S/C25H25N3O4S2/c29-23(18-8-3-1-4-9-18)27-21(24(30)26-17-20-10-7-15-31-20)16-19-11-12-22(32-19)34-25(33)28-13-5-2-6-14-28/h1,3-4,7-12,15-16H,2,5-6,13-14,17H2,(H,26,30)(H,27,29). The molecule has 34 heavy (non-hydrogen) atoms. The summed E-state index contributed by atoms with van der Waals surface area (Å²) in [6.45, 7) is 2.11. The molecule has 3 aromatic rings. The fourth-order valence-electron chi connectivity index (χ4n) is 3.45. The topological polar surface area (TPSA) is 87.7 Å². The van der Waals surface area contributed by atoms with Crippen molar-refractivity contribution in [3.63, 3.8) is 0 Å². The third kappa shape index (κ3) is 6.61. The first kappa shape index (κ1) is 23.8. The zero-order valence-electron chi connectivity index (χ0n) is 18.5. The van der Waals surface area contributed by atoms with Crippen molar-refractivity contribution in [2.24, 2.45) is 0 Å². The highest BCUT2D eigenvalue weighted by atomic mass is 32.2. The molecule has 2 N–H and O–H groups in total. The van der Waals surface area contributed by atoms with Gasteiger partial charge in [-0.1, -0.05) is 30.4 Å². The second kappa shape index (κ2) is 11.7. The van der Waals surface area contributed by atoms with E-state index in [0.29, 0.717) is 22.2 Å². The molecule has 1 aromatic carbocycles. The third-order valence-electron chi connectivity index (χ3n) is 5.22. The summed E-state index contributed by atoms with van der Waals surface area (Å²) in [4.78, 5) is 27.8. The Morgan fingerprint density at radius 1 is 1.03 bits per heavy atom. The summed E-state index contributed by atoms with van der Waals surface area (Å²) < 4.78 is 11.9. The van der Waals surface area contributed by atoms with Crippen LogP contribution in [-0.4, -0.2) is 34.1 Å². The average Bonchev–Trinajstić information content (AvgIpc) is 3.55. The van der Waals surface area contributed by atoms with Gasteiger partial charge in [-0.25, -0.2) is 0 Å². The predicted molar refractivity (Wildman–Crippen MR) is 135 cm³/mol. The molecule has 0 saturated carbocycles. The quantitative estimate of drug-likeness (QED) is 0.276. The minimum atomic E-state index is -0.463. The molecule has 0 atom stereocenters. The van der Waals surface area contributed by atoms with Crippen molar-refractivity contribution in [3.05, 3.63) is 83.6 Å². The second-order valence-corrected chi connectivity index (χ2v) is 9.35. The highest BCUT2D eigenvalue weighted by Gasteiger charge is 2.18. The van der Waals surface area contributed by atoms with Crippen LogP contribution in [0, 0.1) is 0 Å². The number of rotatable bonds is 7. The van der Waals surface area contributed by atoms with Gasteiger partial charge in [0.2, 0.25) is 0 Å². The van der Waals surface area contributed by atoms with E-state index in [1.54, 1.807) is 42.5 Å². The van der Waals surface area contributed by atoms with E-state index in [4.69, 9.17) is 21.1 Å². The van der Waals surface area contributed by atoms with Crippen LogP contribution in [0.3, 0.4) is 0 Å². The van der Waals surface area contributed by atoms with Gasteiger partial charge in [-0.05, 0) is 67.4 Å². The highest BCUT2D eigenvalue weighted by Crippen LogP contribution is 2.26. The van der Waals surface area contributed by atoms with Crippen LogP contribution in [0.1, 0.15) is 41.1 Å². The van der Waals surface area contributed by atoms with Crippen LogP contribution in [0.5, 0.6) is 0 Å². The van der Waals surface area contributed by atoms with Gasteiger partial charge in [0.05, 0.1) is 12.8 Å². The number of carbonyl (C=O) groups is 2. The normalized spacial score (nSPS) is 14.0. The maximum absolute atomic E-state index is 12.9. The van der Waals surface area contributed by atoms with Gasteiger partial charge in [0.25, 0.3) is 11.8 Å². The summed E-state index contributed by atoms with van der Waals surface area (Å²) in [5.41, 5.74) is 0.500. The Kier molecular flexibility index (Phi) is 8.21. The SMILES string of the molecule is O=C(NCc1ccco1)C(=Cc1ccc(SC(=S)N2CCCCC2)o1)NC(=O)c1ccccc1. The molecule has 7 nitrogen and oxygen atoms in total. The number of nitrogens with zero attached hydrogens (tertiary/aromatic N) is 1. The highest BCUT2D eigenvalue weighted by molar-refractivity contribution is 8.22. The Balaban J connectivity index is 1.48. The fourth-order valence-corrected chi connectivity index (χ4v) is 4.64. The predicted octanol–water partition coefficient (Wildman–Crippen LogP) is 4.82. The first-order valence-electron chi connectivity index (χ1n) is 11.0. The van der Waals surface area contributed by atoms with Crippen LogP contribution >= 0.6 is 24.0 Å². The summed E-state index contributed by atoms with van der Waals surface area (Å²) in [7, 11) is 0. The number of amides is 2. The van der Waals surface area contributed by atoms with E-state index >= 15 is 0 Å². The van der Waals surface area contributed by atoms with Crippen LogP contribution in [0.15, 0.2) is 80.5 Å². The third-order valence-corrected chi connectivity index (χ3v) is 6.58. The number of nitrogens with one attached hydrogen (secondary N) is 2. The molecule has 176 valence electrons. The van der Waals surface area contributed by atoms with Crippen molar-refractivity contribution in [2.45, 2.75) is 30.9 Å². The maximum Gasteiger partial charge on any atom is 0.268 e. The van der Waals surface area contributed by atoms with Gasteiger partial charge in [0, 0.05) is 24.7 Å². The summed E-state index contributed by atoms with van der Waals surface area (Å²) in [5.74, 6) is 0.174. The summed E-state index contributed by atoms with van der Waals surface area (Å²) >= 11 is 6.95. The van der Waals surface area contributed by atoms with Crippen LogP contribution in [0.25, 0.3) is 6.08 Å². The first-order chi connectivity index (χ1) is 16.6. The number of furan rings is 2. The molecule has 2 aromatic heterocycles. The number of hydrogen-bond acceptors (Lipinski definition) is 6. The smallest absolute Gasteiger partial charge is 0.268 e. The maximum atomic E-state index is 12.9. The molecule has 3 heterocycles. The van der Waals surface area contributed by atoms with Crippen molar-refractivity contribution < 1.29 is 18.4 Å². The van der Waals surface area contributed by atoms with Crippen molar-refractivity contribution in [2.75, 3.05) is 13.1 Å². The van der Waals surface area contributed by atoms with Crippen molar-refractivity contribution in [1.29, 1.82) is 0 Å². The van der Waals surface area contributed by atoms with Gasteiger partial charge < -0.3 is 24.4 Å². The minimum absolute atomic E-state index is 0.0601. The monoisotopic (exact) mass is 495 g/mol. The van der Waals surface area contributed by atoms with Gasteiger partial charge in [-0.15, -0.1) is 0 Å². The van der Waals surface area contributed by atoms with E-state index < -0.39 is 11.8 Å². The van der Waals surface area contributed by atoms with E-state index in [1.165, 1.54) is 30.5 Å². The molecule has 1 aliphatic heterocycles. The number of benzene rings is 1. The van der Waals surface area contributed by atoms with E-state index in [1.807, 2.05) is 12.1 Å². The molecule has 1 aliphatic rings. The van der Waals surface area contributed by atoms with E-state index in [2.05, 4.69) is 15.5 Å². The van der Waals surface area contributed by atoms with E-state index in [-0.39, 0.29) is 12.2 Å². The lowest BCUT2D eigenvalue weighted by Gasteiger charge is -2.27. The number of piperidine rings is 1. The Morgan fingerprint density at radius 3 is 2.56 bits per heavy atom. The Labute approximate surface area is 207 Å². The van der Waals surface area contributed by atoms with Gasteiger partial charge >= 0.3 is 0 Å². The summed E-state index contributed by atoms with van der Waals surface area (Å²) in [5, 5.41) is 6.08. The number of thioether (sulfide) groups is 1. The number of hydrogen-bond donors (Lipinski definition) is 2. The molecule has 2 amide bonds. The fraction of sp³-hybridized carbons (Fsp3) is 0.240. The van der Waals surface area contributed by atoms with E-state index in [9.17, 15) is 9.59 Å². The molecule has 0 aliphatic carbocycles. The Morgan fingerprint density at radius 2 is 1.82 bits per heavy atom. The van der Waals surface area contributed by atoms with Crippen molar-refractivity contribution >= 4 is 46.2 Å². The number of carbonyl (C=O) groups excluding carboxylic acids is 2. The lowest BCUT2D eigenvalue weighted by molar-refractivity contribution is -0.118. The Bertz CT molecular complexity index is 1150. The van der Waals surface area contributed by atoms with Gasteiger partial charge in [-0.3, -0.25) is 9.59 Å². The van der Waals surface area contributed by atoms with Crippen LogP contribution in [0.4, 0.5) is 0 Å². The average molecular weight is 496 g/mol. The number of likely N-dealkylation sites (tertiary alicyclic amines) is 1. The van der Waals surface area contributed by atoms with E-state index in [0.717, 1.165) is 30.3 Å². The Hall–Kier alpha value is -3.30. The van der Waals surface area contributed by atoms with Gasteiger partial charge in [0.15, 0.2) is 5.09 Å². The molecule has 0 radical (unpaired) electrons. The largest absolute Gasteiger partial charge is 0.467 e. The summed E-state index contributed by atoms with van der Waals surface area (Å²) in [6.07, 6.45) is 6.56. The number of thiocarbonyl (C=S) groups is 1. The van der Waals surface area contributed by atoms with Crippen LogP contribution in [-0.2, 0) is 11.3 Å². The van der Waals surface area contributed by atoms with Gasteiger partial charge in [0.1, 0.15) is 21.5 Å². The molecular formula is C25H25N3O4S2. The molecule has 1 saturated heterocycles. The molecule has 0 bridgehead atoms. The lowest BCUT2D eigenvalue weighted by Crippen LogP contribution is -2.34. The second-order valence-electron chi connectivity index (χ2n) is 7.71. The lowest BCUT2D eigenvalue weighted by atomic mass is 10.1. The molecular weight excluding hydrogens is 470 g/mol. The van der Waals surface area contributed by atoms with Crippen molar-refractivity contribution in [3.8, 4) is 0 Å². The van der Waals surface area contributed by atoms with Crippen molar-refractivity contribution in [1.82, 2.24) is 15.5 Å². The van der Waals surface area contributed by atoms with Crippen LogP contribution < -0.4 is 10.6 Å². The molecule has 0 spiro atoms.